The number of esters is 1. The van der Waals surface area contributed by atoms with Crippen molar-refractivity contribution in [3.63, 3.8) is 0 Å². The summed E-state index contributed by atoms with van der Waals surface area (Å²) in [5.74, 6) is -0.866. The first-order valence-electron chi connectivity index (χ1n) is 6.36. The molecule has 1 heterocycles. The van der Waals surface area contributed by atoms with Crippen LogP contribution in [0, 0.1) is 0 Å². The number of amides is 1. The second kappa shape index (κ2) is 6.33. The molecule has 2 rings (SSSR count). The van der Waals surface area contributed by atoms with E-state index >= 15 is 0 Å². The molecule has 1 fully saturated rings. The Morgan fingerprint density at radius 1 is 1.37 bits per heavy atom. The number of carbonyl (C=O) groups is 2. The number of rotatable bonds is 4. The van der Waals surface area contributed by atoms with E-state index in [0.717, 1.165) is 5.56 Å². The van der Waals surface area contributed by atoms with Gasteiger partial charge >= 0.3 is 5.97 Å². The molecular weight excluding hydrogens is 246 g/mol. The fraction of sp³-hybridized carbons (Fsp3) is 0.429. The molecular formula is C14H17NO4. The molecule has 1 saturated heterocycles. The van der Waals surface area contributed by atoms with Crippen LogP contribution in [0.4, 0.5) is 0 Å². The van der Waals surface area contributed by atoms with Crippen molar-refractivity contribution in [3.05, 3.63) is 35.9 Å². The first-order valence-corrected chi connectivity index (χ1v) is 6.36. The fourth-order valence-corrected chi connectivity index (χ4v) is 2.01. The number of piperidine rings is 1. The average Bonchev–Trinajstić information content (AvgIpc) is 2.43. The second-order valence-corrected chi connectivity index (χ2v) is 4.54. The van der Waals surface area contributed by atoms with Gasteiger partial charge in [0.25, 0.3) is 5.91 Å². The van der Waals surface area contributed by atoms with Gasteiger partial charge in [-0.2, -0.15) is 0 Å². The number of aliphatic hydroxyl groups excluding tert-OH is 1. The van der Waals surface area contributed by atoms with Crippen LogP contribution in [0.15, 0.2) is 30.3 Å². The number of hydrogen-bond acceptors (Lipinski definition) is 4. The zero-order valence-electron chi connectivity index (χ0n) is 10.5. The van der Waals surface area contributed by atoms with Gasteiger partial charge in [0.05, 0.1) is 0 Å². The highest BCUT2D eigenvalue weighted by Gasteiger charge is 2.32. The normalized spacial score (nSPS) is 22.7. The van der Waals surface area contributed by atoms with Crippen LogP contribution in [0.1, 0.15) is 18.4 Å². The molecule has 0 aliphatic carbocycles. The Kier molecular flexibility index (Phi) is 4.52. The Morgan fingerprint density at radius 3 is 2.84 bits per heavy atom. The number of nitrogens with one attached hydrogen (secondary N) is 1. The van der Waals surface area contributed by atoms with Crippen LogP contribution >= 0.6 is 0 Å². The average molecular weight is 263 g/mol. The van der Waals surface area contributed by atoms with Crippen molar-refractivity contribution in [3.8, 4) is 0 Å². The Bertz CT molecular complexity index is 446. The summed E-state index contributed by atoms with van der Waals surface area (Å²) in [5.41, 5.74) is 1.06. The molecule has 5 heteroatoms. The molecule has 5 nitrogen and oxygen atoms in total. The number of carbonyl (C=O) groups excluding carboxylic acids is 2. The van der Waals surface area contributed by atoms with E-state index in [0.29, 0.717) is 19.4 Å². The number of hydrogen-bond donors (Lipinski definition) is 2. The van der Waals surface area contributed by atoms with Gasteiger partial charge in [-0.1, -0.05) is 30.3 Å². The third-order valence-corrected chi connectivity index (χ3v) is 3.09. The molecule has 102 valence electrons. The molecule has 1 aromatic carbocycles. The molecule has 0 unspecified atom stereocenters. The van der Waals surface area contributed by atoms with Crippen molar-refractivity contribution in [2.75, 3.05) is 6.54 Å². The van der Waals surface area contributed by atoms with E-state index in [1.54, 1.807) is 0 Å². The SMILES string of the molecule is O=C(CCc1ccccc1)O[C@H]1CCNC(=O)[C@H]1O. The van der Waals surface area contributed by atoms with Crippen molar-refractivity contribution < 1.29 is 19.4 Å². The van der Waals surface area contributed by atoms with Gasteiger partial charge in [-0.25, -0.2) is 0 Å². The molecule has 0 spiro atoms. The van der Waals surface area contributed by atoms with Gasteiger partial charge in [0.2, 0.25) is 0 Å². The maximum atomic E-state index is 11.7. The summed E-state index contributed by atoms with van der Waals surface area (Å²) < 4.78 is 5.15. The minimum atomic E-state index is -1.26. The van der Waals surface area contributed by atoms with Crippen LogP contribution in [-0.4, -0.2) is 35.7 Å². The van der Waals surface area contributed by atoms with Crippen molar-refractivity contribution in [2.45, 2.75) is 31.5 Å². The third-order valence-electron chi connectivity index (χ3n) is 3.09. The van der Waals surface area contributed by atoms with E-state index in [9.17, 15) is 14.7 Å². The summed E-state index contributed by atoms with van der Waals surface area (Å²) >= 11 is 0. The highest BCUT2D eigenvalue weighted by molar-refractivity contribution is 5.82. The van der Waals surface area contributed by atoms with E-state index in [4.69, 9.17) is 4.74 Å². The van der Waals surface area contributed by atoms with Gasteiger partial charge in [0.1, 0.15) is 6.10 Å². The van der Waals surface area contributed by atoms with Gasteiger partial charge in [-0.15, -0.1) is 0 Å². The Balaban J connectivity index is 1.79. The Morgan fingerprint density at radius 2 is 2.11 bits per heavy atom. The van der Waals surface area contributed by atoms with Crippen LogP contribution in [-0.2, 0) is 20.7 Å². The van der Waals surface area contributed by atoms with Gasteiger partial charge in [0, 0.05) is 19.4 Å². The molecule has 1 aliphatic heterocycles. The predicted molar refractivity (Wildman–Crippen MR) is 68.3 cm³/mol. The monoisotopic (exact) mass is 263 g/mol. The maximum Gasteiger partial charge on any atom is 0.306 e. The lowest BCUT2D eigenvalue weighted by atomic mass is 10.1. The highest BCUT2D eigenvalue weighted by Crippen LogP contribution is 2.11. The van der Waals surface area contributed by atoms with Crippen molar-refractivity contribution in [2.24, 2.45) is 0 Å². The number of aliphatic hydroxyl groups is 1. The lowest BCUT2D eigenvalue weighted by Gasteiger charge is -2.27. The lowest BCUT2D eigenvalue weighted by Crippen LogP contribution is -2.50. The van der Waals surface area contributed by atoms with Crippen LogP contribution in [0.3, 0.4) is 0 Å². The molecule has 0 aromatic heterocycles. The standard InChI is InChI=1S/C14H17NO4/c16-12(7-6-10-4-2-1-3-5-10)19-11-8-9-15-14(18)13(11)17/h1-5,11,13,17H,6-9H2,(H,15,18)/t11-,13-/m0/s1. The molecule has 1 aliphatic rings. The fourth-order valence-electron chi connectivity index (χ4n) is 2.01. The summed E-state index contributed by atoms with van der Waals surface area (Å²) in [6.45, 7) is 0.423. The topological polar surface area (TPSA) is 75.6 Å². The molecule has 0 saturated carbocycles. The highest BCUT2D eigenvalue weighted by atomic mass is 16.6. The van der Waals surface area contributed by atoms with E-state index < -0.39 is 18.1 Å². The van der Waals surface area contributed by atoms with Crippen molar-refractivity contribution in [1.82, 2.24) is 5.32 Å². The minimum absolute atomic E-state index is 0.245. The minimum Gasteiger partial charge on any atom is -0.459 e. The van der Waals surface area contributed by atoms with Crippen LogP contribution in [0.5, 0.6) is 0 Å². The molecule has 0 radical (unpaired) electrons. The Labute approximate surface area is 111 Å². The van der Waals surface area contributed by atoms with Gasteiger partial charge in [-0.05, 0) is 12.0 Å². The van der Waals surface area contributed by atoms with Gasteiger partial charge in [0.15, 0.2) is 6.10 Å². The summed E-state index contributed by atoms with van der Waals surface area (Å²) in [6, 6.07) is 9.62. The molecule has 0 bridgehead atoms. The van der Waals surface area contributed by atoms with Crippen molar-refractivity contribution >= 4 is 11.9 Å². The van der Waals surface area contributed by atoms with Gasteiger partial charge < -0.3 is 15.2 Å². The van der Waals surface area contributed by atoms with E-state index in [1.165, 1.54) is 0 Å². The third kappa shape index (κ3) is 3.79. The van der Waals surface area contributed by atoms with E-state index in [2.05, 4.69) is 5.32 Å². The second-order valence-electron chi connectivity index (χ2n) is 4.54. The zero-order chi connectivity index (χ0) is 13.7. The van der Waals surface area contributed by atoms with E-state index in [1.807, 2.05) is 30.3 Å². The maximum absolute atomic E-state index is 11.7. The molecule has 1 aromatic rings. The summed E-state index contributed by atoms with van der Waals surface area (Å²) in [6.07, 6.45) is -0.695. The molecule has 1 amide bonds. The van der Waals surface area contributed by atoms with E-state index in [-0.39, 0.29) is 12.4 Å². The zero-order valence-corrected chi connectivity index (χ0v) is 10.5. The molecule has 2 N–H and O–H groups in total. The van der Waals surface area contributed by atoms with Crippen LogP contribution < -0.4 is 5.32 Å². The quantitative estimate of drug-likeness (QED) is 0.772. The number of benzene rings is 1. The van der Waals surface area contributed by atoms with Crippen molar-refractivity contribution in [1.29, 1.82) is 0 Å². The number of aryl methyl sites for hydroxylation is 1. The summed E-state index contributed by atoms with van der Waals surface area (Å²) in [7, 11) is 0. The predicted octanol–water partition coefficient (Wildman–Crippen LogP) is 0.412. The molecule has 2 atom stereocenters. The summed E-state index contributed by atoms with van der Waals surface area (Å²) in [4.78, 5) is 22.9. The summed E-state index contributed by atoms with van der Waals surface area (Å²) in [5, 5.41) is 12.1. The molecule has 19 heavy (non-hydrogen) atoms. The van der Waals surface area contributed by atoms with Crippen LogP contribution in [0.2, 0.25) is 0 Å². The van der Waals surface area contributed by atoms with Crippen LogP contribution in [0.25, 0.3) is 0 Å². The smallest absolute Gasteiger partial charge is 0.306 e. The Hall–Kier alpha value is -1.88. The first-order chi connectivity index (χ1) is 9.16. The first kappa shape index (κ1) is 13.5. The van der Waals surface area contributed by atoms with Gasteiger partial charge in [-0.3, -0.25) is 9.59 Å². The largest absolute Gasteiger partial charge is 0.459 e. The lowest BCUT2D eigenvalue weighted by molar-refractivity contribution is -0.161. The number of ether oxygens (including phenoxy) is 1.